The molecule has 0 fully saturated rings. The van der Waals surface area contributed by atoms with Crippen molar-refractivity contribution in [2.24, 2.45) is 5.73 Å². The lowest BCUT2D eigenvalue weighted by molar-refractivity contribution is -0.117. The van der Waals surface area contributed by atoms with Gasteiger partial charge in [-0.05, 0) is 26.7 Å². The Labute approximate surface area is 74.8 Å². The second-order valence-corrected chi connectivity index (χ2v) is 3.35. The fourth-order valence-electron chi connectivity index (χ4n) is 1.12. The highest BCUT2D eigenvalue weighted by atomic mass is 16.1. The van der Waals surface area contributed by atoms with Crippen molar-refractivity contribution in [3.05, 3.63) is 11.1 Å². The Morgan fingerprint density at radius 1 is 1.33 bits per heavy atom. The third kappa shape index (κ3) is 4.94. The van der Waals surface area contributed by atoms with Gasteiger partial charge in [0.25, 0.3) is 0 Å². The minimum absolute atomic E-state index is 0.220. The number of hydrogen-bond acceptors (Lipinski definition) is 1. The molecule has 2 N–H and O–H groups in total. The summed E-state index contributed by atoms with van der Waals surface area (Å²) in [5.74, 6) is -0.220. The van der Waals surface area contributed by atoms with Gasteiger partial charge in [-0.3, -0.25) is 4.79 Å². The van der Waals surface area contributed by atoms with Gasteiger partial charge in [0.2, 0.25) is 5.91 Å². The van der Waals surface area contributed by atoms with E-state index in [2.05, 4.69) is 6.92 Å². The maximum Gasteiger partial charge on any atom is 0.221 e. The standard InChI is InChI=1S/C10H19NO/c1-4-5-6-9(8(2)3)7-10(11)12/h4-7H2,1-3H3,(H2,11,12). The van der Waals surface area contributed by atoms with Crippen LogP contribution in [0.3, 0.4) is 0 Å². The Kier molecular flexibility index (Phi) is 5.43. The maximum atomic E-state index is 10.7. The maximum absolute atomic E-state index is 10.7. The molecule has 0 aromatic rings. The van der Waals surface area contributed by atoms with Gasteiger partial charge in [0.15, 0.2) is 0 Å². The van der Waals surface area contributed by atoms with Crippen LogP contribution in [0.2, 0.25) is 0 Å². The highest BCUT2D eigenvalue weighted by molar-refractivity contribution is 5.76. The Balaban J connectivity index is 4.07. The monoisotopic (exact) mass is 169 g/mol. The first-order chi connectivity index (χ1) is 5.57. The number of amides is 1. The van der Waals surface area contributed by atoms with Crippen molar-refractivity contribution in [2.75, 3.05) is 0 Å². The summed E-state index contributed by atoms with van der Waals surface area (Å²) < 4.78 is 0. The quantitative estimate of drug-likeness (QED) is 0.631. The Morgan fingerprint density at radius 3 is 2.25 bits per heavy atom. The molecule has 0 rings (SSSR count). The van der Waals surface area contributed by atoms with Crippen LogP contribution < -0.4 is 5.73 Å². The summed E-state index contributed by atoms with van der Waals surface area (Å²) in [6.07, 6.45) is 3.76. The molecule has 0 aliphatic rings. The largest absolute Gasteiger partial charge is 0.369 e. The van der Waals surface area contributed by atoms with E-state index in [-0.39, 0.29) is 5.91 Å². The van der Waals surface area contributed by atoms with Crippen molar-refractivity contribution >= 4 is 5.91 Å². The molecular weight excluding hydrogens is 150 g/mol. The molecule has 2 heteroatoms. The average Bonchev–Trinajstić information content (AvgIpc) is 1.96. The normalized spacial score (nSPS) is 9.58. The second kappa shape index (κ2) is 5.81. The first-order valence-electron chi connectivity index (χ1n) is 4.51. The number of nitrogens with two attached hydrogens (primary N) is 1. The van der Waals surface area contributed by atoms with Gasteiger partial charge in [0.05, 0.1) is 0 Å². The van der Waals surface area contributed by atoms with Crippen LogP contribution in [0.1, 0.15) is 46.5 Å². The highest BCUT2D eigenvalue weighted by Gasteiger charge is 2.03. The van der Waals surface area contributed by atoms with E-state index in [0.29, 0.717) is 6.42 Å². The summed E-state index contributed by atoms with van der Waals surface area (Å²) in [6, 6.07) is 0. The van der Waals surface area contributed by atoms with E-state index >= 15 is 0 Å². The Morgan fingerprint density at radius 2 is 1.92 bits per heavy atom. The lowest BCUT2D eigenvalue weighted by Crippen LogP contribution is -2.11. The summed E-state index contributed by atoms with van der Waals surface area (Å²) >= 11 is 0. The highest BCUT2D eigenvalue weighted by Crippen LogP contribution is 2.15. The second-order valence-electron chi connectivity index (χ2n) is 3.35. The average molecular weight is 169 g/mol. The Bertz CT molecular complexity index is 178. The molecule has 0 aromatic carbocycles. The van der Waals surface area contributed by atoms with Gasteiger partial charge in [0.1, 0.15) is 0 Å². The molecule has 0 saturated carbocycles. The van der Waals surface area contributed by atoms with Gasteiger partial charge in [-0.2, -0.15) is 0 Å². The first-order valence-corrected chi connectivity index (χ1v) is 4.51. The third-order valence-electron chi connectivity index (χ3n) is 1.93. The molecule has 0 bridgehead atoms. The first kappa shape index (κ1) is 11.2. The van der Waals surface area contributed by atoms with Crippen LogP contribution >= 0.6 is 0 Å². The minimum Gasteiger partial charge on any atom is -0.369 e. The zero-order valence-corrected chi connectivity index (χ0v) is 8.31. The molecule has 70 valence electrons. The van der Waals surface area contributed by atoms with E-state index in [1.807, 2.05) is 13.8 Å². The van der Waals surface area contributed by atoms with E-state index in [0.717, 1.165) is 19.3 Å². The summed E-state index contributed by atoms with van der Waals surface area (Å²) in [5.41, 5.74) is 7.58. The summed E-state index contributed by atoms with van der Waals surface area (Å²) in [5, 5.41) is 0. The molecule has 2 nitrogen and oxygen atoms in total. The lowest BCUT2D eigenvalue weighted by atomic mass is 10.0. The van der Waals surface area contributed by atoms with Crippen molar-refractivity contribution in [1.82, 2.24) is 0 Å². The van der Waals surface area contributed by atoms with Crippen LogP contribution in [-0.4, -0.2) is 5.91 Å². The Hall–Kier alpha value is -0.790. The molecule has 1 amide bonds. The zero-order chi connectivity index (χ0) is 9.56. The van der Waals surface area contributed by atoms with E-state index in [1.54, 1.807) is 0 Å². The molecule has 0 heterocycles. The van der Waals surface area contributed by atoms with Crippen molar-refractivity contribution in [3.8, 4) is 0 Å². The number of rotatable bonds is 5. The van der Waals surface area contributed by atoms with E-state index < -0.39 is 0 Å². The molecule has 0 aliphatic heterocycles. The van der Waals surface area contributed by atoms with Crippen molar-refractivity contribution < 1.29 is 4.79 Å². The molecule has 0 saturated heterocycles. The number of hydrogen-bond donors (Lipinski definition) is 1. The van der Waals surface area contributed by atoms with Crippen LogP contribution in [0.15, 0.2) is 11.1 Å². The summed E-state index contributed by atoms with van der Waals surface area (Å²) in [6.45, 7) is 6.22. The van der Waals surface area contributed by atoms with Crippen LogP contribution in [0.5, 0.6) is 0 Å². The fourth-order valence-corrected chi connectivity index (χ4v) is 1.12. The fraction of sp³-hybridized carbons (Fsp3) is 0.700. The van der Waals surface area contributed by atoms with Crippen LogP contribution in [0.25, 0.3) is 0 Å². The molecule has 0 aliphatic carbocycles. The van der Waals surface area contributed by atoms with Gasteiger partial charge in [-0.15, -0.1) is 0 Å². The molecular formula is C10H19NO. The van der Waals surface area contributed by atoms with Gasteiger partial charge in [-0.25, -0.2) is 0 Å². The molecule has 0 radical (unpaired) electrons. The summed E-state index contributed by atoms with van der Waals surface area (Å²) in [7, 11) is 0. The molecule has 0 aromatic heterocycles. The third-order valence-corrected chi connectivity index (χ3v) is 1.93. The van der Waals surface area contributed by atoms with Crippen molar-refractivity contribution in [1.29, 1.82) is 0 Å². The zero-order valence-electron chi connectivity index (χ0n) is 8.31. The van der Waals surface area contributed by atoms with Crippen LogP contribution in [0.4, 0.5) is 0 Å². The van der Waals surface area contributed by atoms with E-state index in [9.17, 15) is 4.79 Å². The van der Waals surface area contributed by atoms with E-state index in [4.69, 9.17) is 5.73 Å². The lowest BCUT2D eigenvalue weighted by Gasteiger charge is -2.06. The molecule has 12 heavy (non-hydrogen) atoms. The minimum atomic E-state index is -0.220. The molecule has 0 spiro atoms. The summed E-state index contributed by atoms with van der Waals surface area (Å²) in [4.78, 5) is 10.7. The van der Waals surface area contributed by atoms with Gasteiger partial charge < -0.3 is 5.73 Å². The van der Waals surface area contributed by atoms with Crippen molar-refractivity contribution in [3.63, 3.8) is 0 Å². The topological polar surface area (TPSA) is 43.1 Å². The van der Waals surface area contributed by atoms with Crippen LogP contribution in [0, 0.1) is 0 Å². The number of primary amides is 1. The smallest absolute Gasteiger partial charge is 0.221 e. The molecule has 0 unspecified atom stereocenters. The number of allylic oxidation sites excluding steroid dienone is 1. The predicted octanol–water partition coefficient (Wildman–Crippen LogP) is 2.39. The predicted molar refractivity (Wildman–Crippen MR) is 51.7 cm³/mol. The van der Waals surface area contributed by atoms with E-state index in [1.165, 1.54) is 11.1 Å². The van der Waals surface area contributed by atoms with Crippen LogP contribution in [-0.2, 0) is 4.79 Å². The number of carbonyl (C=O) groups is 1. The number of carbonyl (C=O) groups excluding carboxylic acids is 1. The SMILES string of the molecule is CCCCC(CC(N)=O)=C(C)C. The van der Waals surface area contributed by atoms with Crippen molar-refractivity contribution in [2.45, 2.75) is 46.5 Å². The number of unbranched alkanes of at least 4 members (excludes halogenated alkanes) is 1. The van der Waals surface area contributed by atoms with Gasteiger partial charge in [-0.1, -0.05) is 24.5 Å². The molecule has 0 atom stereocenters. The van der Waals surface area contributed by atoms with Gasteiger partial charge >= 0.3 is 0 Å². The van der Waals surface area contributed by atoms with Gasteiger partial charge in [0, 0.05) is 6.42 Å².